The first-order valence-electron chi connectivity index (χ1n) is 4.80. The van der Waals surface area contributed by atoms with Crippen molar-refractivity contribution in [1.29, 1.82) is 0 Å². The van der Waals surface area contributed by atoms with Crippen molar-refractivity contribution in [1.82, 2.24) is 0 Å². The predicted molar refractivity (Wildman–Crippen MR) is 60.8 cm³/mol. The summed E-state index contributed by atoms with van der Waals surface area (Å²) in [6, 6.07) is 3.71. The summed E-state index contributed by atoms with van der Waals surface area (Å²) in [5.74, 6) is -0.262. The Morgan fingerprint density at radius 1 is 1.50 bits per heavy atom. The number of halogens is 1. The molecule has 16 heavy (non-hydrogen) atoms. The van der Waals surface area contributed by atoms with Crippen LogP contribution in [0.25, 0.3) is 0 Å². The maximum Gasteiger partial charge on any atom is 0.179 e. The van der Waals surface area contributed by atoms with Crippen LogP contribution in [0.4, 0.5) is 4.39 Å². The number of ketones is 1. The first-order valence-corrected chi connectivity index (χ1v) is 6.29. The zero-order valence-corrected chi connectivity index (χ0v) is 9.97. The molecule has 0 amide bonds. The van der Waals surface area contributed by atoms with Crippen molar-refractivity contribution in [2.24, 2.45) is 0 Å². The van der Waals surface area contributed by atoms with Gasteiger partial charge in [-0.05, 0) is 18.2 Å². The van der Waals surface area contributed by atoms with Gasteiger partial charge < -0.3 is 4.74 Å². The first-order chi connectivity index (χ1) is 7.58. The van der Waals surface area contributed by atoms with Crippen LogP contribution in [0.5, 0.6) is 5.75 Å². The van der Waals surface area contributed by atoms with Crippen molar-refractivity contribution >= 4 is 16.6 Å². The van der Waals surface area contributed by atoms with Gasteiger partial charge in [0, 0.05) is 16.6 Å². The van der Waals surface area contributed by atoms with Crippen LogP contribution in [0.2, 0.25) is 0 Å². The van der Waals surface area contributed by atoms with Gasteiger partial charge in [0.05, 0.1) is 18.4 Å². The molecule has 0 bridgehead atoms. The minimum absolute atomic E-state index is 0.101. The van der Waals surface area contributed by atoms with Crippen molar-refractivity contribution in [2.45, 2.75) is 6.92 Å². The molecule has 0 N–H and O–H groups in total. The largest absolute Gasteiger partial charge is 0.496 e. The minimum atomic E-state index is -1.20. The lowest BCUT2D eigenvalue weighted by Gasteiger charge is -2.07. The SMILES string of the molecule is CCS(=O)CC(=O)c1cc(F)ccc1OC. The zero-order valence-electron chi connectivity index (χ0n) is 9.16. The number of ether oxygens (including phenoxy) is 1. The summed E-state index contributed by atoms with van der Waals surface area (Å²) in [6.45, 7) is 1.73. The van der Waals surface area contributed by atoms with Crippen molar-refractivity contribution in [2.75, 3.05) is 18.6 Å². The topological polar surface area (TPSA) is 43.4 Å². The number of rotatable bonds is 5. The molecule has 3 nitrogen and oxygen atoms in total. The van der Waals surface area contributed by atoms with Crippen LogP contribution in [0.1, 0.15) is 17.3 Å². The number of Topliss-reactive ketones (excluding diaryl/α,β-unsaturated/α-hetero) is 1. The highest BCUT2D eigenvalue weighted by Gasteiger charge is 2.15. The Bertz CT molecular complexity index is 418. The minimum Gasteiger partial charge on any atom is -0.496 e. The number of carbonyl (C=O) groups is 1. The van der Waals surface area contributed by atoms with Gasteiger partial charge >= 0.3 is 0 Å². The number of hydrogen-bond donors (Lipinski definition) is 0. The second-order valence-electron chi connectivity index (χ2n) is 3.14. The van der Waals surface area contributed by atoms with E-state index in [1.807, 2.05) is 0 Å². The molecule has 1 rings (SSSR count). The Labute approximate surface area is 96.1 Å². The Hall–Kier alpha value is -1.23. The average molecular weight is 244 g/mol. The van der Waals surface area contributed by atoms with Gasteiger partial charge in [-0.2, -0.15) is 0 Å². The molecule has 0 aliphatic heterocycles. The summed E-state index contributed by atoms with van der Waals surface area (Å²) in [5.41, 5.74) is 0.143. The fourth-order valence-electron chi connectivity index (χ4n) is 1.22. The van der Waals surface area contributed by atoms with E-state index >= 15 is 0 Å². The molecule has 0 saturated heterocycles. The first kappa shape index (κ1) is 12.8. The number of benzene rings is 1. The molecule has 0 saturated carbocycles. The van der Waals surface area contributed by atoms with Crippen LogP contribution in [-0.4, -0.2) is 28.6 Å². The number of carbonyl (C=O) groups excluding carboxylic acids is 1. The molecule has 0 aliphatic carbocycles. The molecule has 0 aliphatic rings. The molecular formula is C11H13FO3S. The number of hydrogen-bond acceptors (Lipinski definition) is 3. The van der Waals surface area contributed by atoms with Gasteiger partial charge in [-0.1, -0.05) is 6.92 Å². The molecule has 1 aromatic carbocycles. The Morgan fingerprint density at radius 2 is 2.19 bits per heavy atom. The number of methoxy groups -OCH3 is 1. The molecule has 1 aromatic rings. The van der Waals surface area contributed by atoms with E-state index in [-0.39, 0.29) is 17.1 Å². The van der Waals surface area contributed by atoms with Gasteiger partial charge in [0.2, 0.25) is 0 Å². The Kier molecular flexibility index (Phi) is 4.61. The maximum absolute atomic E-state index is 13.0. The van der Waals surface area contributed by atoms with Crippen LogP contribution in [0.3, 0.4) is 0 Å². The van der Waals surface area contributed by atoms with E-state index in [1.165, 1.54) is 19.2 Å². The van der Waals surface area contributed by atoms with Crippen molar-refractivity contribution in [3.8, 4) is 5.75 Å². The van der Waals surface area contributed by atoms with Gasteiger partial charge in [0.25, 0.3) is 0 Å². The van der Waals surface area contributed by atoms with Crippen molar-refractivity contribution in [3.63, 3.8) is 0 Å². The standard InChI is InChI=1S/C11H13FO3S/c1-3-16(14)7-10(13)9-6-8(12)4-5-11(9)15-2/h4-6H,3,7H2,1-2H3. The zero-order chi connectivity index (χ0) is 12.1. The van der Waals surface area contributed by atoms with Gasteiger partial charge in [-0.3, -0.25) is 9.00 Å². The van der Waals surface area contributed by atoms with Gasteiger partial charge in [0.1, 0.15) is 11.6 Å². The van der Waals surface area contributed by atoms with E-state index in [0.29, 0.717) is 11.5 Å². The summed E-state index contributed by atoms with van der Waals surface area (Å²) in [5, 5.41) is 0. The van der Waals surface area contributed by atoms with E-state index < -0.39 is 16.6 Å². The van der Waals surface area contributed by atoms with Crippen molar-refractivity contribution in [3.05, 3.63) is 29.6 Å². The van der Waals surface area contributed by atoms with Gasteiger partial charge in [-0.25, -0.2) is 4.39 Å². The molecule has 88 valence electrons. The fourth-order valence-corrected chi connectivity index (χ4v) is 1.88. The van der Waals surface area contributed by atoms with Crippen LogP contribution in [-0.2, 0) is 10.8 Å². The third kappa shape index (κ3) is 3.13. The molecular weight excluding hydrogens is 231 g/mol. The molecule has 0 radical (unpaired) electrons. The van der Waals surface area contributed by atoms with Crippen molar-refractivity contribution < 1.29 is 18.1 Å². The second-order valence-corrected chi connectivity index (χ2v) is 4.89. The van der Waals surface area contributed by atoms with E-state index in [4.69, 9.17) is 4.74 Å². The quantitative estimate of drug-likeness (QED) is 0.742. The maximum atomic E-state index is 13.0. The normalized spacial score (nSPS) is 12.2. The molecule has 0 heterocycles. The average Bonchev–Trinajstić information content (AvgIpc) is 2.28. The summed E-state index contributed by atoms with van der Waals surface area (Å²) in [7, 11) is 0.202. The van der Waals surface area contributed by atoms with Crippen LogP contribution in [0.15, 0.2) is 18.2 Å². The Morgan fingerprint density at radius 3 is 2.75 bits per heavy atom. The monoisotopic (exact) mass is 244 g/mol. The van der Waals surface area contributed by atoms with Crippen LogP contribution in [0, 0.1) is 5.82 Å². The van der Waals surface area contributed by atoms with E-state index in [2.05, 4.69) is 0 Å². The van der Waals surface area contributed by atoms with Crippen LogP contribution >= 0.6 is 0 Å². The van der Waals surface area contributed by atoms with E-state index in [9.17, 15) is 13.4 Å². The molecule has 1 atom stereocenters. The van der Waals surface area contributed by atoms with Crippen LogP contribution < -0.4 is 4.74 Å². The smallest absolute Gasteiger partial charge is 0.179 e. The fraction of sp³-hybridized carbons (Fsp3) is 0.364. The molecule has 0 spiro atoms. The lowest BCUT2D eigenvalue weighted by molar-refractivity contribution is 0.101. The Balaban J connectivity index is 2.97. The summed E-state index contributed by atoms with van der Waals surface area (Å²) in [6.07, 6.45) is 0. The van der Waals surface area contributed by atoms with E-state index in [0.717, 1.165) is 6.07 Å². The molecule has 1 unspecified atom stereocenters. The molecule has 0 aromatic heterocycles. The lowest BCUT2D eigenvalue weighted by atomic mass is 10.1. The van der Waals surface area contributed by atoms with E-state index in [1.54, 1.807) is 6.92 Å². The highest BCUT2D eigenvalue weighted by Crippen LogP contribution is 2.20. The lowest BCUT2D eigenvalue weighted by Crippen LogP contribution is -2.13. The summed E-state index contributed by atoms with van der Waals surface area (Å²) < 4.78 is 29.2. The third-order valence-corrected chi connectivity index (χ3v) is 3.30. The highest BCUT2D eigenvalue weighted by atomic mass is 32.2. The van der Waals surface area contributed by atoms with Gasteiger partial charge in [0.15, 0.2) is 5.78 Å². The highest BCUT2D eigenvalue weighted by molar-refractivity contribution is 7.85. The predicted octanol–water partition coefficient (Wildman–Crippen LogP) is 1.79. The van der Waals surface area contributed by atoms with Gasteiger partial charge in [-0.15, -0.1) is 0 Å². The second kappa shape index (κ2) is 5.75. The third-order valence-electron chi connectivity index (χ3n) is 2.08. The summed E-state index contributed by atoms with van der Waals surface area (Å²) >= 11 is 0. The molecule has 5 heteroatoms. The molecule has 0 fully saturated rings. The summed E-state index contributed by atoms with van der Waals surface area (Å²) in [4.78, 5) is 11.7.